The third kappa shape index (κ3) is 1.97. The second kappa shape index (κ2) is 4.44. The van der Waals surface area contributed by atoms with Crippen molar-refractivity contribution in [2.24, 2.45) is 5.41 Å². The van der Waals surface area contributed by atoms with Crippen LogP contribution >= 0.6 is 0 Å². The van der Waals surface area contributed by atoms with Gasteiger partial charge < -0.3 is 10.4 Å². The van der Waals surface area contributed by atoms with E-state index in [1.54, 1.807) is 6.20 Å². The number of aromatic nitrogens is 3. The van der Waals surface area contributed by atoms with E-state index in [1.165, 1.54) is 0 Å². The van der Waals surface area contributed by atoms with E-state index in [0.29, 0.717) is 0 Å². The second-order valence-corrected chi connectivity index (χ2v) is 7.02. The van der Waals surface area contributed by atoms with Crippen molar-refractivity contribution in [2.75, 3.05) is 0 Å². The lowest BCUT2D eigenvalue weighted by Crippen LogP contribution is -2.44. The molecule has 0 unspecified atom stereocenters. The smallest absolute Gasteiger partial charge is 0.405 e. The fraction of sp³-hybridized carbons (Fsp3) is 0.562. The molecule has 6 nitrogen and oxygen atoms in total. The van der Waals surface area contributed by atoms with Crippen LogP contribution in [0, 0.1) is 12.3 Å². The normalized spacial score (nSPS) is 30.0. The van der Waals surface area contributed by atoms with E-state index in [0.717, 1.165) is 55.2 Å². The van der Waals surface area contributed by atoms with E-state index < -0.39 is 6.09 Å². The van der Waals surface area contributed by atoms with Crippen molar-refractivity contribution in [1.82, 2.24) is 20.1 Å². The van der Waals surface area contributed by atoms with Crippen molar-refractivity contribution in [3.05, 3.63) is 24.2 Å². The van der Waals surface area contributed by atoms with Gasteiger partial charge in [0.2, 0.25) is 0 Å². The van der Waals surface area contributed by atoms with Crippen molar-refractivity contribution in [2.45, 2.75) is 51.1 Å². The van der Waals surface area contributed by atoms with Crippen molar-refractivity contribution in [3.8, 4) is 0 Å². The molecule has 2 aromatic heterocycles. The summed E-state index contributed by atoms with van der Waals surface area (Å²) < 4.78 is 2.09. The Morgan fingerprint density at radius 2 is 2.18 bits per heavy atom. The van der Waals surface area contributed by atoms with Crippen LogP contribution in [0.5, 0.6) is 0 Å². The summed E-state index contributed by atoms with van der Waals surface area (Å²) in [5.41, 5.74) is 2.11. The predicted molar refractivity (Wildman–Crippen MR) is 81.7 cm³/mol. The highest BCUT2D eigenvalue weighted by Gasteiger charge is 2.55. The minimum absolute atomic E-state index is 0.183. The zero-order chi connectivity index (χ0) is 15.4. The van der Waals surface area contributed by atoms with Crippen molar-refractivity contribution >= 4 is 17.0 Å². The first kappa shape index (κ1) is 13.5. The molecule has 0 atom stereocenters. The molecular weight excluding hydrogens is 280 g/mol. The number of hydrogen-bond acceptors (Lipinski definition) is 3. The first-order valence-electron chi connectivity index (χ1n) is 7.79. The Morgan fingerprint density at radius 3 is 2.86 bits per heavy atom. The van der Waals surface area contributed by atoms with Gasteiger partial charge in [0.05, 0.1) is 5.52 Å². The average Bonchev–Trinajstić information content (AvgIpc) is 3.10. The summed E-state index contributed by atoms with van der Waals surface area (Å²) in [7, 11) is 0. The van der Waals surface area contributed by atoms with Crippen LogP contribution in [0.15, 0.2) is 18.5 Å². The molecule has 2 bridgehead atoms. The van der Waals surface area contributed by atoms with E-state index in [2.05, 4.69) is 21.9 Å². The molecule has 4 rings (SSSR count). The molecule has 2 aromatic rings. The number of rotatable bonds is 3. The number of amides is 1. The monoisotopic (exact) mass is 300 g/mol. The summed E-state index contributed by atoms with van der Waals surface area (Å²) >= 11 is 0. The Labute approximate surface area is 128 Å². The lowest BCUT2D eigenvalue weighted by atomic mass is 9.84. The number of aryl methyl sites for hydroxylation is 1. The SMILES string of the molecule is Cc1c2cnccc2nn1CC12CCC(NC(=O)O)(CC1)C2. The topological polar surface area (TPSA) is 80.0 Å². The molecule has 2 saturated carbocycles. The Kier molecular flexibility index (Phi) is 2.74. The van der Waals surface area contributed by atoms with Gasteiger partial charge in [-0.2, -0.15) is 5.10 Å². The van der Waals surface area contributed by atoms with Crippen LogP contribution in [-0.2, 0) is 6.54 Å². The van der Waals surface area contributed by atoms with E-state index >= 15 is 0 Å². The van der Waals surface area contributed by atoms with Crippen molar-refractivity contribution in [1.29, 1.82) is 0 Å². The molecule has 2 heterocycles. The van der Waals surface area contributed by atoms with Gasteiger partial charge in [-0.1, -0.05) is 0 Å². The maximum absolute atomic E-state index is 11.0. The highest BCUT2D eigenvalue weighted by Crippen LogP contribution is 2.57. The van der Waals surface area contributed by atoms with Crippen LogP contribution in [0.1, 0.15) is 37.8 Å². The molecule has 2 fully saturated rings. The van der Waals surface area contributed by atoms with Crippen LogP contribution < -0.4 is 5.32 Å². The average molecular weight is 300 g/mol. The van der Waals surface area contributed by atoms with Crippen LogP contribution in [0.4, 0.5) is 4.79 Å². The Morgan fingerprint density at radius 1 is 1.41 bits per heavy atom. The number of carboxylic acid groups (broad SMARTS) is 1. The molecular formula is C16H20N4O2. The summed E-state index contributed by atoms with van der Waals surface area (Å²) in [5, 5.41) is 17.7. The molecule has 0 aliphatic heterocycles. The lowest BCUT2D eigenvalue weighted by Gasteiger charge is -2.27. The molecule has 0 radical (unpaired) electrons. The van der Waals surface area contributed by atoms with Gasteiger partial charge in [0.25, 0.3) is 0 Å². The summed E-state index contributed by atoms with van der Waals surface area (Å²) in [6.45, 7) is 2.96. The van der Waals surface area contributed by atoms with Gasteiger partial charge >= 0.3 is 6.09 Å². The molecule has 2 aliphatic carbocycles. The molecule has 2 aliphatic rings. The zero-order valence-corrected chi connectivity index (χ0v) is 12.7. The van der Waals surface area contributed by atoms with Gasteiger partial charge in [-0.15, -0.1) is 0 Å². The van der Waals surface area contributed by atoms with Gasteiger partial charge in [0, 0.05) is 35.6 Å². The number of pyridine rings is 1. The van der Waals surface area contributed by atoms with Gasteiger partial charge in [-0.05, 0) is 50.5 Å². The number of nitrogens with zero attached hydrogens (tertiary/aromatic N) is 3. The minimum Gasteiger partial charge on any atom is -0.465 e. The summed E-state index contributed by atoms with van der Waals surface area (Å²) in [6, 6.07) is 1.94. The van der Waals surface area contributed by atoms with Crippen LogP contribution in [0.3, 0.4) is 0 Å². The molecule has 22 heavy (non-hydrogen) atoms. The standard InChI is InChI=1S/C16H20N4O2/c1-11-12-8-17-7-2-13(12)19-20(11)10-15-3-5-16(9-15,6-4-15)18-14(21)22/h2,7-8,18H,3-6,9-10H2,1H3,(H,21,22). The summed E-state index contributed by atoms with van der Waals surface area (Å²) in [4.78, 5) is 15.2. The van der Waals surface area contributed by atoms with E-state index in [-0.39, 0.29) is 11.0 Å². The van der Waals surface area contributed by atoms with Gasteiger partial charge in [-0.25, -0.2) is 4.79 Å². The Balaban J connectivity index is 1.61. The second-order valence-electron chi connectivity index (χ2n) is 7.02. The summed E-state index contributed by atoms with van der Waals surface area (Å²) in [5.74, 6) is 0. The van der Waals surface area contributed by atoms with E-state index in [9.17, 15) is 4.79 Å². The zero-order valence-electron chi connectivity index (χ0n) is 12.7. The van der Waals surface area contributed by atoms with Crippen molar-refractivity contribution in [3.63, 3.8) is 0 Å². The molecule has 2 N–H and O–H groups in total. The molecule has 0 saturated heterocycles. The fourth-order valence-corrected chi connectivity index (χ4v) is 4.51. The predicted octanol–water partition coefficient (Wildman–Crippen LogP) is 2.71. The van der Waals surface area contributed by atoms with Crippen molar-refractivity contribution < 1.29 is 9.90 Å². The quantitative estimate of drug-likeness (QED) is 0.913. The third-order valence-corrected chi connectivity index (χ3v) is 5.64. The Bertz CT molecular complexity index is 744. The van der Waals surface area contributed by atoms with Crippen LogP contribution in [-0.4, -0.2) is 31.5 Å². The number of fused-ring (bicyclic) bond motifs is 3. The van der Waals surface area contributed by atoms with Crippen LogP contribution in [0.2, 0.25) is 0 Å². The number of hydrogen-bond donors (Lipinski definition) is 2. The number of carbonyl (C=O) groups is 1. The maximum atomic E-state index is 11.0. The van der Waals surface area contributed by atoms with E-state index in [1.807, 2.05) is 12.3 Å². The minimum atomic E-state index is -0.898. The summed E-state index contributed by atoms with van der Waals surface area (Å²) in [6.07, 6.45) is 7.70. The first-order chi connectivity index (χ1) is 10.5. The Hall–Kier alpha value is -2.11. The highest BCUT2D eigenvalue weighted by atomic mass is 16.4. The first-order valence-corrected chi connectivity index (χ1v) is 7.79. The molecule has 1 amide bonds. The fourth-order valence-electron chi connectivity index (χ4n) is 4.51. The van der Waals surface area contributed by atoms with E-state index in [4.69, 9.17) is 10.2 Å². The maximum Gasteiger partial charge on any atom is 0.405 e. The van der Waals surface area contributed by atoms with Gasteiger partial charge in [0.15, 0.2) is 0 Å². The van der Waals surface area contributed by atoms with Crippen LogP contribution in [0.25, 0.3) is 10.9 Å². The largest absolute Gasteiger partial charge is 0.465 e. The molecule has 6 heteroatoms. The molecule has 0 aromatic carbocycles. The van der Waals surface area contributed by atoms with Gasteiger partial charge in [-0.3, -0.25) is 9.67 Å². The molecule has 116 valence electrons. The third-order valence-electron chi connectivity index (χ3n) is 5.64. The number of nitrogens with one attached hydrogen (secondary N) is 1. The molecule has 0 spiro atoms. The lowest BCUT2D eigenvalue weighted by molar-refractivity contribution is 0.177. The highest BCUT2D eigenvalue weighted by molar-refractivity contribution is 5.80. The van der Waals surface area contributed by atoms with Gasteiger partial charge in [0.1, 0.15) is 0 Å².